The number of hydrogen-bond donors (Lipinski definition) is 0. The van der Waals surface area contributed by atoms with Crippen LogP contribution in [0.4, 0.5) is 0 Å². The Morgan fingerprint density at radius 1 is 0.444 bits per heavy atom. The molecule has 0 heterocycles. The third-order valence-electron chi connectivity index (χ3n) is 7.10. The van der Waals surface area contributed by atoms with E-state index >= 15 is 0 Å². The average molecular weight is 381 g/mol. The molecule has 0 bridgehead atoms. The van der Waals surface area contributed by atoms with E-state index in [2.05, 4.69) is 34.6 Å². The highest BCUT2D eigenvalue weighted by Crippen LogP contribution is 2.47. The first-order chi connectivity index (χ1) is 13.2. The Hall–Kier alpha value is 0. The van der Waals surface area contributed by atoms with Crippen molar-refractivity contribution in [3.63, 3.8) is 0 Å². The molecule has 0 saturated carbocycles. The Balaban J connectivity index is 4.92. The van der Waals surface area contributed by atoms with E-state index in [1.165, 1.54) is 128 Å². The van der Waals surface area contributed by atoms with Crippen LogP contribution < -0.4 is 0 Å². The van der Waals surface area contributed by atoms with Crippen LogP contribution >= 0.6 is 0 Å². The number of hydrogen-bond acceptors (Lipinski definition) is 0. The zero-order valence-electron chi connectivity index (χ0n) is 20.2. The highest BCUT2D eigenvalue weighted by molar-refractivity contribution is 4.86. The Labute approximate surface area is 174 Å². The van der Waals surface area contributed by atoms with E-state index in [9.17, 15) is 0 Å². The van der Waals surface area contributed by atoms with Crippen molar-refractivity contribution in [2.45, 2.75) is 163 Å². The third kappa shape index (κ3) is 13.0. The molecule has 0 fully saturated rings. The fraction of sp³-hybridized carbons (Fsp3) is 1.00. The topological polar surface area (TPSA) is 0 Å². The van der Waals surface area contributed by atoms with Gasteiger partial charge in [0.05, 0.1) is 0 Å². The maximum atomic E-state index is 2.50. The molecule has 27 heavy (non-hydrogen) atoms. The Morgan fingerprint density at radius 3 is 1.22 bits per heavy atom. The maximum absolute atomic E-state index is 2.50. The van der Waals surface area contributed by atoms with Crippen LogP contribution in [0.2, 0.25) is 0 Å². The summed E-state index contributed by atoms with van der Waals surface area (Å²) in [6, 6.07) is 0. The Morgan fingerprint density at radius 2 is 0.815 bits per heavy atom. The molecule has 0 N–H and O–H groups in total. The minimum absolute atomic E-state index is 0.664. The fourth-order valence-corrected chi connectivity index (χ4v) is 5.28. The van der Waals surface area contributed by atoms with Gasteiger partial charge in [-0.05, 0) is 37.0 Å². The van der Waals surface area contributed by atoms with E-state index < -0.39 is 0 Å². The lowest BCUT2D eigenvalue weighted by Crippen LogP contribution is -2.31. The van der Waals surface area contributed by atoms with Crippen molar-refractivity contribution in [1.29, 1.82) is 0 Å². The Bertz CT molecular complexity index is 253. The zero-order chi connectivity index (χ0) is 20.2. The van der Waals surface area contributed by atoms with E-state index in [0.717, 1.165) is 5.92 Å². The predicted octanol–water partition coefficient (Wildman–Crippen LogP) is 10.5. The van der Waals surface area contributed by atoms with Gasteiger partial charge in [0.15, 0.2) is 0 Å². The van der Waals surface area contributed by atoms with Crippen molar-refractivity contribution in [2.24, 2.45) is 11.3 Å². The van der Waals surface area contributed by atoms with Gasteiger partial charge in [-0.3, -0.25) is 0 Å². The molecular weight excluding hydrogens is 324 g/mol. The van der Waals surface area contributed by atoms with Gasteiger partial charge in [-0.1, -0.05) is 137 Å². The largest absolute Gasteiger partial charge is 0.0654 e. The molecule has 0 aliphatic carbocycles. The van der Waals surface area contributed by atoms with E-state index in [4.69, 9.17) is 0 Å². The summed E-state index contributed by atoms with van der Waals surface area (Å²) < 4.78 is 0. The summed E-state index contributed by atoms with van der Waals surface area (Å²) in [6.07, 6.45) is 29.0. The second-order valence-electron chi connectivity index (χ2n) is 9.40. The van der Waals surface area contributed by atoms with Crippen LogP contribution in [0.15, 0.2) is 0 Å². The van der Waals surface area contributed by atoms with Gasteiger partial charge < -0.3 is 0 Å². The van der Waals surface area contributed by atoms with Gasteiger partial charge >= 0.3 is 0 Å². The highest BCUT2D eigenvalue weighted by atomic mass is 14.4. The van der Waals surface area contributed by atoms with Crippen molar-refractivity contribution in [1.82, 2.24) is 0 Å². The van der Waals surface area contributed by atoms with Crippen LogP contribution in [-0.4, -0.2) is 0 Å². The fourth-order valence-electron chi connectivity index (χ4n) is 5.28. The normalized spacial score (nSPS) is 13.2. The molecule has 0 amide bonds. The summed E-state index contributed by atoms with van der Waals surface area (Å²) in [6.45, 7) is 11.9. The second kappa shape index (κ2) is 19.3. The minimum atomic E-state index is 0.664. The van der Waals surface area contributed by atoms with Crippen molar-refractivity contribution in [3.05, 3.63) is 0 Å². The van der Waals surface area contributed by atoms with E-state index in [1.54, 1.807) is 0 Å². The molecule has 0 radical (unpaired) electrons. The van der Waals surface area contributed by atoms with Crippen LogP contribution in [0.25, 0.3) is 0 Å². The first kappa shape index (κ1) is 27.0. The van der Waals surface area contributed by atoms with Gasteiger partial charge in [0.25, 0.3) is 0 Å². The standard InChI is InChI=1S/C27H56/c1-6-11-15-16-17-18-22-26(10-5)27(23-19-12-7-2,24-20-13-8-3)25-21-14-9-4/h26H,6-25H2,1-5H3. The second-order valence-corrected chi connectivity index (χ2v) is 9.40. The van der Waals surface area contributed by atoms with Crippen molar-refractivity contribution in [2.75, 3.05) is 0 Å². The minimum Gasteiger partial charge on any atom is -0.0654 e. The first-order valence-corrected chi connectivity index (χ1v) is 13.2. The molecule has 0 aliphatic heterocycles. The zero-order valence-corrected chi connectivity index (χ0v) is 20.2. The molecule has 0 saturated heterocycles. The SMILES string of the molecule is CCCCCCCCC(CC)C(CCCCC)(CCCCC)CCCCC. The van der Waals surface area contributed by atoms with Crippen LogP contribution in [-0.2, 0) is 0 Å². The Kier molecular flexibility index (Phi) is 19.3. The summed E-state index contributed by atoms with van der Waals surface area (Å²) in [5.74, 6) is 0.981. The number of rotatable bonds is 21. The van der Waals surface area contributed by atoms with Gasteiger partial charge in [0, 0.05) is 0 Å². The van der Waals surface area contributed by atoms with Gasteiger partial charge in [-0.2, -0.15) is 0 Å². The molecule has 0 aromatic heterocycles. The summed E-state index contributed by atoms with van der Waals surface area (Å²) in [5, 5.41) is 0. The van der Waals surface area contributed by atoms with Gasteiger partial charge in [0.1, 0.15) is 0 Å². The van der Waals surface area contributed by atoms with Crippen molar-refractivity contribution in [3.8, 4) is 0 Å². The third-order valence-corrected chi connectivity index (χ3v) is 7.10. The monoisotopic (exact) mass is 380 g/mol. The molecule has 0 aromatic carbocycles. The molecule has 164 valence electrons. The lowest BCUT2D eigenvalue weighted by Gasteiger charge is -2.42. The molecule has 0 aliphatic rings. The molecule has 0 spiro atoms. The van der Waals surface area contributed by atoms with Crippen LogP contribution in [0.5, 0.6) is 0 Å². The van der Waals surface area contributed by atoms with Gasteiger partial charge in [0.2, 0.25) is 0 Å². The molecule has 1 atom stereocenters. The smallest absolute Gasteiger partial charge is 0.0269 e. The molecule has 0 heteroatoms. The van der Waals surface area contributed by atoms with Crippen molar-refractivity contribution < 1.29 is 0 Å². The van der Waals surface area contributed by atoms with E-state index in [-0.39, 0.29) is 0 Å². The van der Waals surface area contributed by atoms with Gasteiger partial charge in [-0.15, -0.1) is 0 Å². The predicted molar refractivity (Wildman–Crippen MR) is 127 cm³/mol. The van der Waals surface area contributed by atoms with Crippen LogP contribution in [0.1, 0.15) is 163 Å². The average Bonchev–Trinajstić information content (AvgIpc) is 2.67. The van der Waals surface area contributed by atoms with Crippen LogP contribution in [0, 0.1) is 11.3 Å². The lowest BCUT2D eigenvalue weighted by atomic mass is 9.63. The van der Waals surface area contributed by atoms with Crippen molar-refractivity contribution >= 4 is 0 Å². The molecule has 0 aromatic rings. The molecule has 1 unspecified atom stereocenters. The van der Waals surface area contributed by atoms with E-state index in [0.29, 0.717) is 5.41 Å². The summed E-state index contributed by atoms with van der Waals surface area (Å²) >= 11 is 0. The summed E-state index contributed by atoms with van der Waals surface area (Å²) in [5.41, 5.74) is 0.664. The summed E-state index contributed by atoms with van der Waals surface area (Å²) in [7, 11) is 0. The lowest BCUT2D eigenvalue weighted by molar-refractivity contribution is 0.0876. The number of unbranched alkanes of at least 4 members (excludes halogenated alkanes) is 11. The molecule has 0 rings (SSSR count). The quantitative estimate of drug-likeness (QED) is 0.174. The summed E-state index contributed by atoms with van der Waals surface area (Å²) in [4.78, 5) is 0. The maximum Gasteiger partial charge on any atom is -0.0269 e. The first-order valence-electron chi connectivity index (χ1n) is 13.2. The van der Waals surface area contributed by atoms with Gasteiger partial charge in [-0.25, -0.2) is 0 Å². The van der Waals surface area contributed by atoms with Crippen LogP contribution in [0.3, 0.4) is 0 Å². The highest BCUT2D eigenvalue weighted by Gasteiger charge is 2.35. The van der Waals surface area contributed by atoms with E-state index in [1.807, 2.05) is 0 Å². The molecule has 0 nitrogen and oxygen atoms in total. The molecular formula is C27H56.